The number of anilines is 1. The zero-order chi connectivity index (χ0) is 20.7. The van der Waals surface area contributed by atoms with E-state index >= 15 is 0 Å². The molecule has 7 heteroatoms. The van der Waals surface area contributed by atoms with Crippen LogP contribution in [0.25, 0.3) is 0 Å². The fourth-order valence-corrected chi connectivity index (χ4v) is 2.53. The van der Waals surface area contributed by atoms with Crippen LogP contribution in [0.15, 0.2) is 42.5 Å². The fourth-order valence-electron chi connectivity index (χ4n) is 2.53. The third-order valence-electron chi connectivity index (χ3n) is 4.19. The first-order valence-electron chi connectivity index (χ1n) is 8.86. The molecule has 0 bridgehead atoms. The molecule has 7 nitrogen and oxygen atoms in total. The Morgan fingerprint density at radius 2 is 1.64 bits per heavy atom. The van der Waals surface area contributed by atoms with Gasteiger partial charge >= 0.3 is 5.97 Å². The highest BCUT2D eigenvalue weighted by Gasteiger charge is 2.19. The Morgan fingerprint density at radius 3 is 2.21 bits per heavy atom. The molecule has 0 saturated carbocycles. The lowest BCUT2D eigenvalue weighted by atomic mass is 10.1. The second kappa shape index (κ2) is 9.66. The first kappa shape index (κ1) is 21.1. The van der Waals surface area contributed by atoms with Crippen molar-refractivity contribution in [3.63, 3.8) is 0 Å². The SMILES string of the molecule is Cc1cccc(C)c1NC(=O)CNC(=O)C(C)OC(=O)c1ccc(CO)cc1. The van der Waals surface area contributed by atoms with Crippen LogP contribution in [-0.4, -0.2) is 35.5 Å². The molecule has 3 N–H and O–H groups in total. The average molecular weight is 384 g/mol. The molecule has 2 aromatic carbocycles. The molecule has 0 spiro atoms. The molecule has 1 atom stereocenters. The predicted molar refractivity (Wildman–Crippen MR) is 105 cm³/mol. The molecule has 1 unspecified atom stereocenters. The first-order chi connectivity index (χ1) is 13.3. The monoisotopic (exact) mass is 384 g/mol. The minimum absolute atomic E-state index is 0.127. The van der Waals surface area contributed by atoms with Gasteiger partial charge < -0.3 is 20.5 Å². The maximum Gasteiger partial charge on any atom is 0.338 e. The van der Waals surface area contributed by atoms with Gasteiger partial charge in [-0.2, -0.15) is 0 Å². The molecule has 148 valence electrons. The van der Waals surface area contributed by atoms with Gasteiger partial charge in [0.15, 0.2) is 6.10 Å². The number of hydrogen-bond acceptors (Lipinski definition) is 5. The number of nitrogens with one attached hydrogen (secondary N) is 2. The van der Waals surface area contributed by atoms with Crippen LogP contribution in [0.2, 0.25) is 0 Å². The molecular formula is C21H24N2O5. The van der Waals surface area contributed by atoms with E-state index in [1.54, 1.807) is 12.1 Å². The Morgan fingerprint density at radius 1 is 1.04 bits per heavy atom. The van der Waals surface area contributed by atoms with E-state index < -0.39 is 18.0 Å². The van der Waals surface area contributed by atoms with Crippen molar-refractivity contribution in [2.24, 2.45) is 0 Å². The predicted octanol–water partition coefficient (Wildman–Crippen LogP) is 2.10. The summed E-state index contributed by atoms with van der Waals surface area (Å²) in [4.78, 5) is 36.3. The Bertz CT molecular complexity index is 841. The van der Waals surface area contributed by atoms with Crippen LogP contribution in [0.1, 0.15) is 34.0 Å². The lowest BCUT2D eigenvalue weighted by Crippen LogP contribution is -2.40. The first-order valence-corrected chi connectivity index (χ1v) is 8.86. The van der Waals surface area contributed by atoms with E-state index in [0.29, 0.717) is 11.3 Å². The molecule has 2 amide bonds. The van der Waals surface area contributed by atoms with Gasteiger partial charge in [0.05, 0.1) is 18.7 Å². The second-order valence-electron chi connectivity index (χ2n) is 6.44. The number of aliphatic hydroxyl groups is 1. The molecule has 0 aliphatic carbocycles. The van der Waals surface area contributed by atoms with Crippen molar-refractivity contribution in [2.45, 2.75) is 33.5 Å². The number of rotatable bonds is 7. The van der Waals surface area contributed by atoms with E-state index in [0.717, 1.165) is 11.1 Å². The number of esters is 1. The third kappa shape index (κ3) is 5.65. The van der Waals surface area contributed by atoms with Crippen LogP contribution in [-0.2, 0) is 20.9 Å². The van der Waals surface area contributed by atoms with Gasteiger partial charge in [-0.3, -0.25) is 9.59 Å². The third-order valence-corrected chi connectivity index (χ3v) is 4.19. The summed E-state index contributed by atoms with van der Waals surface area (Å²) in [6.07, 6.45) is -1.06. The number of hydrogen-bond donors (Lipinski definition) is 3. The normalized spacial score (nSPS) is 11.4. The summed E-state index contributed by atoms with van der Waals surface area (Å²) in [5.41, 5.74) is 3.50. The number of aliphatic hydroxyl groups excluding tert-OH is 1. The van der Waals surface area contributed by atoms with Crippen molar-refractivity contribution >= 4 is 23.5 Å². The van der Waals surface area contributed by atoms with Crippen LogP contribution < -0.4 is 10.6 Å². The number of carbonyl (C=O) groups is 3. The summed E-state index contributed by atoms with van der Waals surface area (Å²) in [6.45, 7) is 4.84. The second-order valence-corrected chi connectivity index (χ2v) is 6.44. The minimum Gasteiger partial charge on any atom is -0.449 e. The van der Waals surface area contributed by atoms with Crippen LogP contribution in [0.3, 0.4) is 0 Å². The van der Waals surface area contributed by atoms with Crippen LogP contribution in [0, 0.1) is 13.8 Å². The van der Waals surface area contributed by atoms with Gasteiger partial charge in [0.1, 0.15) is 0 Å². The molecule has 0 aromatic heterocycles. The molecule has 0 aliphatic rings. The Balaban J connectivity index is 1.84. The zero-order valence-electron chi connectivity index (χ0n) is 16.1. The molecule has 0 fully saturated rings. The van der Waals surface area contributed by atoms with Gasteiger partial charge in [0, 0.05) is 5.69 Å². The van der Waals surface area contributed by atoms with Crippen LogP contribution in [0.4, 0.5) is 5.69 Å². The van der Waals surface area contributed by atoms with E-state index in [4.69, 9.17) is 9.84 Å². The highest BCUT2D eigenvalue weighted by atomic mass is 16.5. The molecular weight excluding hydrogens is 360 g/mol. The number of para-hydroxylation sites is 1. The highest BCUT2D eigenvalue weighted by Crippen LogP contribution is 2.19. The summed E-state index contributed by atoms with van der Waals surface area (Å²) in [5, 5.41) is 14.2. The van der Waals surface area contributed by atoms with Gasteiger partial charge in [-0.25, -0.2) is 4.79 Å². The molecule has 0 saturated heterocycles. The number of ether oxygens (including phenoxy) is 1. The lowest BCUT2D eigenvalue weighted by molar-refractivity contribution is -0.130. The maximum atomic E-state index is 12.1. The standard InChI is InChI=1S/C21H24N2O5/c1-13-5-4-6-14(2)19(13)23-18(25)11-22-20(26)15(3)28-21(27)17-9-7-16(12-24)8-10-17/h4-10,15,24H,11-12H2,1-3H3,(H,22,26)(H,23,25). The quantitative estimate of drug-likeness (QED) is 0.634. The fraction of sp³-hybridized carbons (Fsp3) is 0.286. The summed E-state index contributed by atoms with van der Waals surface area (Å²) >= 11 is 0. The van der Waals surface area contributed by atoms with Gasteiger partial charge in [0.25, 0.3) is 5.91 Å². The highest BCUT2D eigenvalue weighted by molar-refractivity contribution is 5.97. The number of aryl methyl sites for hydroxylation is 2. The number of benzene rings is 2. The molecule has 2 rings (SSSR count). The smallest absolute Gasteiger partial charge is 0.338 e. The summed E-state index contributed by atoms with van der Waals surface area (Å²) in [5.74, 6) is -1.60. The lowest BCUT2D eigenvalue weighted by Gasteiger charge is -2.15. The molecule has 28 heavy (non-hydrogen) atoms. The van der Waals surface area contributed by atoms with Crippen molar-refractivity contribution < 1.29 is 24.2 Å². The minimum atomic E-state index is -1.06. The van der Waals surface area contributed by atoms with E-state index in [2.05, 4.69) is 10.6 Å². The summed E-state index contributed by atoms with van der Waals surface area (Å²) < 4.78 is 5.12. The molecule has 0 aliphatic heterocycles. The van der Waals surface area contributed by atoms with Crippen molar-refractivity contribution in [1.82, 2.24) is 5.32 Å². The molecule has 0 radical (unpaired) electrons. The van der Waals surface area contributed by atoms with E-state index in [1.807, 2.05) is 32.0 Å². The van der Waals surface area contributed by atoms with E-state index in [-0.39, 0.29) is 24.6 Å². The zero-order valence-corrected chi connectivity index (χ0v) is 16.1. The van der Waals surface area contributed by atoms with Gasteiger partial charge in [0.2, 0.25) is 5.91 Å². The Hall–Kier alpha value is -3.19. The van der Waals surface area contributed by atoms with E-state index in [1.165, 1.54) is 19.1 Å². The topological polar surface area (TPSA) is 105 Å². The van der Waals surface area contributed by atoms with Crippen LogP contribution >= 0.6 is 0 Å². The maximum absolute atomic E-state index is 12.1. The Kier molecular flexibility index (Phi) is 7.28. The van der Waals surface area contributed by atoms with Gasteiger partial charge in [-0.1, -0.05) is 30.3 Å². The van der Waals surface area contributed by atoms with Crippen molar-refractivity contribution in [3.8, 4) is 0 Å². The number of amides is 2. The van der Waals surface area contributed by atoms with Gasteiger partial charge in [-0.05, 0) is 49.6 Å². The van der Waals surface area contributed by atoms with Crippen molar-refractivity contribution in [2.75, 3.05) is 11.9 Å². The van der Waals surface area contributed by atoms with Gasteiger partial charge in [-0.15, -0.1) is 0 Å². The summed E-state index contributed by atoms with van der Waals surface area (Å²) in [6, 6.07) is 11.9. The summed E-state index contributed by atoms with van der Waals surface area (Å²) in [7, 11) is 0. The number of carbonyl (C=O) groups excluding carboxylic acids is 3. The van der Waals surface area contributed by atoms with E-state index in [9.17, 15) is 14.4 Å². The Labute approximate surface area is 163 Å². The van der Waals surface area contributed by atoms with Crippen molar-refractivity contribution in [1.29, 1.82) is 0 Å². The van der Waals surface area contributed by atoms with Crippen LogP contribution in [0.5, 0.6) is 0 Å². The molecule has 0 heterocycles. The average Bonchev–Trinajstić information content (AvgIpc) is 2.69. The largest absolute Gasteiger partial charge is 0.449 e. The van der Waals surface area contributed by atoms with Crippen molar-refractivity contribution in [3.05, 3.63) is 64.7 Å². The molecule has 2 aromatic rings.